The summed E-state index contributed by atoms with van der Waals surface area (Å²) in [4.78, 5) is 16.8. The zero-order valence-corrected chi connectivity index (χ0v) is 20.4. The molecule has 0 bridgehead atoms. The topological polar surface area (TPSA) is 95.2 Å². The van der Waals surface area contributed by atoms with E-state index in [0.29, 0.717) is 43.9 Å². The highest BCUT2D eigenvalue weighted by Gasteiger charge is 2.16. The summed E-state index contributed by atoms with van der Waals surface area (Å²) in [5.41, 5.74) is 6.24. The van der Waals surface area contributed by atoms with Crippen LogP contribution in [0.5, 0.6) is 11.5 Å². The van der Waals surface area contributed by atoms with Crippen molar-refractivity contribution in [1.82, 2.24) is 4.98 Å². The molecule has 34 heavy (non-hydrogen) atoms. The Hall–Kier alpha value is -3.85. The van der Waals surface area contributed by atoms with Crippen molar-refractivity contribution < 1.29 is 23.4 Å². The van der Waals surface area contributed by atoms with Crippen molar-refractivity contribution in [1.29, 1.82) is 0 Å². The highest BCUT2D eigenvalue weighted by Crippen LogP contribution is 2.33. The van der Waals surface area contributed by atoms with Gasteiger partial charge in [-0.2, -0.15) is 5.10 Å². The third-order valence-corrected chi connectivity index (χ3v) is 6.37. The van der Waals surface area contributed by atoms with Crippen molar-refractivity contribution in [2.24, 2.45) is 5.10 Å². The number of thiazole rings is 1. The maximum absolute atomic E-state index is 11.9. The largest absolute Gasteiger partial charge is 0.493 e. The van der Waals surface area contributed by atoms with Gasteiger partial charge in [-0.15, -0.1) is 0 Å². The van der Waals surface area contributed by atoms with E-state index in [-0.39, 0.29) is 0 Å². The van der Waals surface area contributed by atoms with Crippen LogP contribution in [0.3, 0.4) is 0 Å². The molecule has 0 spiro atoms. The van der Waals surface area contributed by atoms with Crippen LogP contribution in [0.2, 0.25) is 0 Å². The number of aromatic nitrogens is 1. The number of nitrogens with one attached hydrogen (secondary N) is 1. The van der Waals surface area contributed by atoms with E-state index in [1.165, 1.54) is 18.4 Å². The predicted molar refractivity (Wildman–Crippen MR) is 132 cm³/mol. The predicted octanol–water partition coefficient (Wildman–Crippen LogP) is 5.16. The lowest BCUT2D eigenvalue weighted by molar-refractivity contribution is 0.0605. The molecule has 0 aliphatic heterocycles. The van der Waals surface area contributed by atoms with Crippen LogP contribution in [-0.4, -0.2) is 32.3 Å². The fraction of sp³-hybridized carbons (Fsp3) is 0.240. The van der Waals surface area contributed by atoms with Gasteiger partial charge in [-0.3, -0.25) is 5.43 Å². The number of methoxy groups -OCH3 is 3. The fourth-order valence-corrected chi connectivity index (χ4v) is 4.32. The summed E-state index contributed by atoms with van der Waals surface area (Å²) in [5, 5.41) is 6.64. The smallest absolute Gasteiger partial charge is 0.350 e. The van der Waals surface area contributed by atoms with Gasteiger partial charge >= 0.3 is 5.97 Å². The summed E-state index contributed by atoms with van der Waals surface area (Å²) in [6.07, 6.45) is 0.883. The number of hydrogen-bond acceptors (Lipinski definition) is 9. The minimum atomic E-state index is -0.421. The van der Waals surface area contributed by atoms with Gasteiger partial charge in [0.2, 0.25) is 5.13 Å². The molecule has 0 amide bonds. The maximum atomic E-state index is 11.9. The van der Waals surface area contributed by atoms with Gasteiger partial charge in [-0.1, -0.05) is 24.3 Å². The highest BCUT2D eigenvalue weighted by molar-refractivity contribution is 7.17. The van der Waals surface area contributed by atoms with Crippen molar-refractivity contribution in [2.75, 3.05) is 26.8 Å². The van der Waals surface area contributed by atoms with Crippen molar-refractivity contribution in [3.8, 4) is 22.8 Å². The summed E-state index contributed by atoms with van der Waals surface area (Å²) >= 11 is 1.19. The minimum absolute atomic E-state index is 0.421. The Balaban J connectivity index is 1.83. The van der Waals surface area contributed by atoms with Crippen LogP contribution < -0.4 is 20.3 Å². The molecule has 0 atom stereocenters. The number of carbonyl (C=O) groups is 1. The Morgan fingerprint density at radius 2 is 1.88 bits per heavy atom. The molecule has 9 heteroatoms. The van der Waals surface area contributed by atoms with Crippen molar-refractivity contribution in [3.05, 3.63) is 64.0 Å². The summed E-state index contributed by atoms with van der Waals surface area (Å²) in [6, 6.07) is 13.5. The number of rotatable bonds is 7. The van der Waals surface area contributed by atoms with Gasteiger partial charge in [0.05, 0.1) is 32.4 Å². The molecule has 1 N–H and O–H groups in total. The van der Waals surface area contributed by atoms with E-state index in [2.05, 4.69) is 28.5 Å². The van der Waals surface area contributed by atoms with Crippen molar-refractivity contribution in [2.45, 2.75) is 20.3 Å². The van der Waals surface area contributed by atoms with Crippen LogP contribution in [0.15, 0.2) is 52.0 Å². The maximum Gasteiger partial charge on any atom is 0.350 e. The summed E-state index contributed by atoms with van der Waals surface area (Å²) in [5.74, 6) is 1.42. The summed E-state index contributed by atoms with van der Waals surface area (Å²) in [7, 11) is 4.53. The van der Waals surface area contributed by atoms with Gasteiger partial charge in [0.15, 0.2) is 11.5 Å². The zero-order chi connectivity index (χ0) is 24.2. The molecule has 2 aromatic carbocycles. The Kier molecular flexibility index (Phi) is 6.83. The van der Waals surface area contributed by atoms with Crippen LogP contribution in [-0.2, 0) is 11.2 Å². The first-order valence-electron chi connectivity index (χ1n) is 10.6. The summed E-state index contributed by atoms with van der Waals surface area (Å²) in [6.45, 7) is 3.85. The van der Waals surface area contributed by atoms with Crippen LogP contribution >= 0.6 is 11.3 Å². The lowest BCUT2D eigenvalue weighted by Gasteiger charge is -2.10. The molecule has 176 valence electrons. The number of anilines is 1. The van der Waals surface area contributed by atoms with Crippen molar-refractivity contribution >= 4 is 33.4 Å². The van der Waals surface area contributed by atoms with E-state index < -0.39 is 5.97 Å². The quantitative estimate of drug-likeness (QED) is 0.289. The second-order valence-corrected chi connectivity index (χ2v) is 8.40. The van der Waals surface area contributed by atoms with E-state index in [0.717, 1.165) is 22.9 Å². The van der Waals surface area contributed by atoms with Gasteiger partial charge in [0, 0.05) is 17.0 Å². The average molecular weight is 480 g/mol. The molecular weight excluding hydrogens is 454 g/mol. The van der Waals surface area contributed by atoms with Gasteiger partial charge in [0.25, 0.3) is 0 Å². The molecule has 2 aromatic heterocycles. The number of fused-ring (bicyclic) bond motifs is 1. The Morgan fingerprint density at radius 1 is 1.09 bits per heavy atom. The minimum Gasteiger partial charge on any atom is -0.493 e. The van der Waals surface area contributed by atoms with Gasteiger partial charge in [-0.05, 0) is 49.2 Å². The first-order chi connectivity index (χ1) is 16.5. The Bertz CT molecular complexity index is 1420. The van der Waals surface area contributed by atoms with Gasteiger partial charge in [-0.25, -0.2) is 9.78 Å². The monoisotopic (exact) mass is 479 g/mol. The molecule has 0 saturated carbocycles. The van der Waals surface area contributed by atoms with Crippen LogP contribution in [0, 0.1) is 6.92 Å². The normalized spacial score (nSPS) is 11.5. The highest BCUT2D eigenvalue weighted by atomic mass is 32.1. The molecule has 0 aliphatic rings. The fourth-order valence-electron chi connectivity index (χ4n) is 3.49. The number of benzene rings is 2. The number of esters is 1. The molecular formula is C25H25N3O5S. The molecule has 4 aromatic rings. The molecule has 8 nitrogen and oxygen atoms in total. The molecule has 0 radical (unpaired) electrons. The zero-order valence-electron chi connectivity index (χ0n) is 19.6. The summed E-state index contributed by atoms with van der Waals surface area (Å²) < 4.78 is 21.8. The van der Waals surface area contributed by atoms with Crippen molar-refractivity contribution in [3.63, 3.8) is 0 Å². The standard InChI is InChI=1S/C25H25N3O5S/c1-6-15-7-9-19-17(11-15)18(27-28-25-26-14(2)23(34-25)24(29)32-5)13-21(33-19)16-8-10-20(30-3)22(12-16)31-4/h7-13H,6H2,1-5H3,(H,26,28)/b27-18+. The second kappa shape index (κ2) is 9.96. The molecule has 0 unspecified atom stereocenters. The molecule has 2 heterocycles. The first-order valence-corrected chi connectivity index (χ1v) is 11.4. The number of aryl methyl sites for hydroxylation is 2. The van der Waals surface area contributed by atoms with Crippen LogP contribution in [0.4, 0.5) is 5.13 Å². The van der Waals surface area contributed by atoms with E-state index in [9.17, 15) is 4.79 Å². The SMILES string of the molecule is CCc1ccc2oc(-c3ccc(OC)c(OC)c3)c/c(=N\Nc3nc(C)c(C(=O)OC)s3)c2c1. The van der Waals surface area contributed by atoms with E-state index >= 15 is 0 Å². The lowest BCUT2D eigenvalue weighted by Crippen LogP contribution is -2.08. The second-order valence-electron chi connectivity index (χ2n) is 7.40. The third-order valence-electron chi connectivity index (χ3n) is 5.32. The number of hydrogen-bond donors (Lipinski definition) is 1. The van der Waals surface area contributed by atoms with Crippen LogP contribution in [0.1, 0.15) is 27.9 Å². The lowest BCUT2D eigenvalue weighted by atomic mass is 10.1. The van der Waals surface area contributed by atoms with Gasteiger partial charge in [0.1, 0.15) is 16.2 Å². The van der Waals surface area contributed by atoms with Gasteiger partial charge < -0.3 is 18.6 Å². The Labute approximate surface area is 200 Å². The molecule has 0 fully saturated rings. The van der Waals surface area contributed by atoms with E-state index in [1.54, 1.807) is 21.1 Å². The van der Waals surface area contributed by atoms with Crippen LogP contribution in [0.25, 0.3) is 22.3 Å². The number of nitrogens with zero attached hydrogens (tertiary/aromatic N) is 2. The molecule has 4 rings (SSSR count). The number of ether oxygens (including phenoxy) is 3. The molecule has 0 saturated heterocycles. The third kappa shape index (κ3) is 4.60. The first kappa shape index (κ1) is 23.3. The molecule has 0 aliphatic carbocycles. The Morgan fingerprint density at radius 3 is 2.59 bits per heavy atom. The van der Waals surface area contributed by atoms with E-state index in [1.807, 2.05) is 36.4 Å². The van der Waals surface area contributed by atoms with E-state index in [4.69, 9.17) is 18.6 Å². The number of carbonyl (C=O) groups excluding carboxylic acids is 1. The average Bonchev–Trinajstić information content (AvgIpc) is 3.26.